The summed E-state index contributed by atoms with van der Waals surface area (Å²) in [5.41, 5.74) is 3.76. The highest BCUT2D eigenvalue weighted by Crippen LogP contribution is 2.40. The van der Waals surface area contributed by atoms with Crippen molar-refractivity contribution in [3.63, 3.8) is 0 Å². The van der Waals surface area contributed by atoms with E-state index in [2.05, 4.69) is 74.3 Å². The summed E-state index contributed by atoms with van der Waals surface area (Å²) in [4.78, 5) is 2.31. The third-order valence-electron chi connectivity index (χ3n) is 4.22. The van der Waals surface area contributed by atoms with Crippen LogP contribution in [-0.2, 0) is 4.74 Å². The summed E-state index contributed by atoms with van der Waals surface area (Å²) in [5, 5.41) is 0. The third kappa shape index (κ3) is 2.37. The topological polar surface area (TPSA) is 12.5 Å². The van der Waals surface area contributed by atoms with Gasteiger partial charge in [-0.2, -0.15) is 0 Å². The Bertz CT molecular complexity index is 564. The maximum atomic E-state index is 6.32. The largest absolute Gasteiger partial charge is 0.349 e. The minimum absolute atomic E-state index is 0.0378. The molecule has 2 aromatic rings. The van der Waals surface area contributed by atoms with Crippen LogP contribution in [0.1, 0.15) is 35.9 Å². The minimum Gasteiger partial charge on any atom is -0.349 e. The molecule has 0 unspecified atom stereocenters. The standard InChI is InChI=1S/C18H21NO/c1-13-9-11-16(12-10-13)18-19(3)14(2)17(20-18)15-7-5-4-6-8-15/h4-12,14,17-18H,1-3H3/t14-,17-,18+/m1/s1. The van der Waals surface area contributed by atoms with E-state index in [0.717, 1.165) is 0 Å². The zero-order valence-electron chi connectivity index (χ0n) is 12.3. The molecule has 1 heterocycles. The summed E-state index contributed by atoms with van der Waals surface area (Å²) in [5.74, 6) is 0. The third-order valence-corrected chi connectivity index (χ3v) is 4.22. The van der Waals surface area contributed by atoms with Crippen LogP contribution in [0.4, 0.5) is 0 Å². The van der Waals surface area contributed by atoms with Crippen molar-refractivity contribution in [2.24, 2.45) is 0 Å². The van der Waals surface area contributed by atoms with Crippen LogP contribution < -0.4 is 0 Å². The number of aryl methyl sites for hydroxylation is 1. The lowest BCUT2D eigenvalue weighted by Crippen LogP contribution is -2.27. The molecule has 0 radical (unpaired) electrons. The van der Waals surface area contributed by atoms with Gasteiger partial charge in [0.25, 0.3) is 0 Å². The van der Waals surface area contributed by atoms with Gasteiger partial charge in [-0.25, -0.2) is 0 Å². The van der Waals surface area contributed by atoms with Gasteiger partial charge in [0.15, 0.2) is 0 Å². The first-order chi connectivity index (χ1) is 9.66. The predicted molar refractivity (Wildman–Crippen MR) is 81.4 cm³/mol. The van der Waals surface area contributed by atoms with E-state index >= 15 is 0 Å². The molecule has 2 aromatic carbocycles. The van der Waals surface area contributed by atoms with Crippen molar-refractivity contribution in [3.8, 4) is 0 Å². The molecule has 0 aliphatic carbocycles. The zero-order chi connectivity index (χ0) is 14.1. The first-order valence-corrected chi connectivity index (χ1v) is 7.16. The van der Waals surface area contributed by atoms with Crippen LogP contribution >= 0.6 is 0 Å². The molecule has 0 aromatic heterocycles. The summed E-state index contributed by atoms with van der Waals surface area (Å²) in [7, 11) is 2.14. The van der Waals surface area contributed by atoms with E-state index in [4.69, 9.17) is 4.74 Å². The lowest BCUT2D eigenvalue weighted by atomic mass is 10.0. The van der Waals surface area contributed by atoms with Gasteiger partial charge in [-0.15, -0.1) is 0 Å². The van der Waals surface area contributed by atoms with Gasteiger partial charge in [0.2, 0.25) is 0 Å². The molecule has 0 N–H and O–H groups in total. The molecule has 0 amide bonds. The minimum atomic E-state index is 0.0378. The van der Waals surface area contributed by atoms with E-state index in [9.17, 15) is 0 Å². The lowest BCUT2D eigenvalue weighted by molar-refractivity contribution is 0.00560. The van der Waals surface area contributed by atoms with Crippen molar-refractivity contribution < 1.29 is 4.74 Å². The molecule has 3 rings (SSSR count). The van der Waals surface area contributed by atoms with Gasteiger partial charge in [-0.05, 0) is 32.0 Å². The second-order valence-corrected chi connectivity index (χ2v) is 5.64. The maximum absolute atomic E-state index is 6.32. The first-order valence-electron chi connectivity index (χ1n) is 7.16. The van der Waals surface area contributed by atoms with Crippen molar-refractivity contribution in [1.29, 1.82) is 0 Å². The van der Waals surface area contributed by atoms with E-state index < -0.39 is 0 Å². The van der Waals surface area contributed by atoms with Gasteiger partial charge >= 0.3 is 0 Å². The summed E-state index contributed by atoms with van der Waals surface area (Å²) in [6, 6.07) is 19.5. The molecule has 3 atom stereocenters. The summed E-state index contributed by atoms with van der Waals surface area (Å²) in [6.45, 7) is 4.34. The molecule has 2 heteroatoms. The highest BCUT2D eigenvalue weighted by molar-refractivity contribution is 5.26. The highest BCUT2D eigenvalue weighted by Gasteiger charge is 2.38. The molecule has 0 saturated carbocycles. The van der Waals surface area contributed by atoms with Gasteiger partial charge in [-0.3, -0.25) is 4.90 Å². The fraction of sp³-hybridized carbons (Fsp3) is 0.333. The van der Waals surface area contributed by atoms with Crippen LogP contribution in [0, 0.1) is 6.92 Å². The fourth-order valence-electron chi connectivity index (χ4n) is 2.82. The second-order valence-electron chi connectivity index (χ2n) is 5.64. The molecule has 1 saturated heterocycles. The molecule has 1 aliphatic heterocycles. The van der Waals surface area contributed by atoms with Crippen molar-refractivity contribution in [1.82, 2.24) is 4.90 Å². The second kappa shape index (κ2) is 5.39. The molecule has 20 heavy (non-hydrogen) atoms. The Morgan fingerprint density at radius 1 is 0.900 bits per heavy atom. The summed E-state index contributed by atoms with van der Waals surface area (Å²) in [6.07, 6.45) is 0.170. The van der Waals surface area contributed by atoms with Gasteiger partial charge in [0.1, 0.15) is 12.3 Å². The zero-order valence-corrected chi connectivity index (χ0v) is 12.3. The molecule has 1 aliphatic rings. The number of rotatable bonds is 2. The van der Waals surface area contributed by atoms with Crippen LogP contribution in [0.3, 0.4) is 0 Å². The fourth-order valence-corrected chi connectivity index (χ4v) is 2.82. The van der Waals surface area contributed by atoms with Crippen LogP contribution in [0.2, 0.25) is 0 Å². The molecule has 2 nitrogen and oxygen atoms in total. The van der Waals surface area contributed by atoms with E-state index in [1.54, 1.807) is 0 Å². The Kier molecular flexibility index (Phi) is 3.60. The number of benzene rings is 2. The van der Waals surface area contributed by atoms with Crippen molar-refractivity contribution in [2.45, 2.75) is 32.2 Å². The SMILES string of the molecule is Cc1ccc([C@@H]2O[C@@H](c3ccccc3)[C@@H](C)N2C)cc1. The lowest BCUT2D eigenvalue weighted by Gasteiger charge is -2.21. The van der Waals surface area contributed by atoms with E-state index in [-0.39, 0.29) is 12.3 Å². The van der Waals surface area contributed by atoms with Crippen molar-refractivity contribution in [2.75, 3.05) is 7.05 Å². The normalized spacial score (nSPS) is 26.9. The van der Waals surface area contributed by atoms with Crippen LogP contribution in [0.15, 0.2) is 54.6 Å². The highest BCUT2D eigenvalue weighted by atomic mass is 16.5. The molecule has 104 valence electrons. The quantitative estimate of drug-likeness (QED) is 0.812. The average molecular weight is 267 g/mol. The Hall–Kier alpha value is -1.64. The molecular weight excluding hydrogens is 246 g/mol. The molecule has 0 spiro atoms. The number of likely N-dealkylation sites (N-methyl/N-ethyl adjacent to an activating group) is 1. The Balaban J connectivity index is 1.87. The van der Waals surface area contributed by atoms with Gasteiger partial charge in [0, 0.05) is 6.04 Å². The summed E-state index contributed by atoms with van der Waals surface area (Å²) < 4.78 is 6.32. The number of ether oxygens (including phenoxy) is 1. The summed E-state index contributed by atoms with van der Waals surface area (Å²) >= 11 is 0. The molecular formula is C18H21NO. The molecule has 1 fully saturated rings. The van der Waals surface area contributed by atoms with Gasteiger partial charge in [-0.1, -0.05) is 60.2 Å². The predicted octanol–water partition coefficient (Wildman–Crippen LogP) is 4.09. The van der Waals surface area contributed by atoms with Crippen LogP contribution in [0.5, 0.6) is 0 Å². The molecule has 0 bridgehead atoms. The van der Waals surface area contributed by atoms with Gasteiger partial charge < -0.3 is 4.74 Å². The number of hydrogen-bond acceptors (Lipinski definition) is 2. The maximum Gasteiger partial charge on any atom is 0.137 e. The van der Waals surface area contributed by atoms with Crippen molar-refractivity contribution >= 4 is 0 Å². The Morgan fingerprint density at radius 3 is 2.20 bits per heavy atom. The van der Waals surface area contributed by atoms with Crippen LogP contribution in [-0.4, -0.2) is 18.0 Å². The average Bonchev–Trinajstić information content (AvgIpc) is 2.77. The van der Waals surface area contributed by atoms with E-state index in [1.165, 1.54) is 16.7 Å². The van der Waals surface area contributed by atoms with E-state index in [1.807, 2.05) is 6.07 Å². The van der Waals surface area contributed by atoms with Crippen LogP contribution in [0.25, 0.3) is 0 Å². The Labute approximate surface area is 121 Å². The van der Waals surface area contributed by atoms with Crippen molar-refractivity contribution in [3.05, 3.63) is 71.3 Å². The van der Waals surface area contributed by atoms with Gasteiger partial charge in [0.05, 0.1) is 0 Å². The van der Waals surface area contributed by atoms with E-state index in [0.29, 0.717) is 6.04 Å². The number of nitrogens with zero attached hydrogens (tertiary/aromatic N) is 1. The first kappa shape index (κ1) is 13.3. The smallest absolute Gasteiger partial charge is 0.137 e. The Morgan fingerprint density at radius 2 is 1.55 bits per heavy atom. The monoisotopic (exact) mass is 267 g/mol. The number of hydrogen-bond donors (Lipinski definition) is 0.